The molecule has 10 heteroatoms. The second kappa shape index (κ2) is 11.4. The van der Waals surface area contributed by atoms with E-state index in [1.165, 1.54) is 11.6 Å². The Balaban J connectivity index is 1.25. The fraction of sp³-hybridized carbons (Fsp3) is 0.312. The molecule has 0 aliphatic carbocycles. The number of amides is 1. The molecule has 0 spiro atoms. The van der Waals surface area contributed by atoms with Crippen LogP contribution in [0.1, 0.15) is 11.1 Å². The highest BCUT2D eigenvalue weighted by Crippen LogP contribution is 2.39. The number of aromatic nitrogens is 3. The highest BCUT2D eigenvalue weighted by molar-refractivity contribution is 6.05. The van der Waals surface area contributed by atoms with E-state index in [-0.39, 0.29) is 11.5 Å². The van der Waals surface area contributed by atoms with Crippen LogP contribution in [0.3, 0.4) is 0 Å². The zero-order valence-electron chi connectivity index (χ0n) is 24.4. The van der Waals surface area contributed by atoms with Gasteiger partial charge >= 0.3 is 0 Å². The lowest BCUT2D eigenvalue weighted by Crippen LogP contribution is -2.43. The highest BCUT2D eigenvalue weighted by atomic mass is 16.2. The van der Waals surface area contributed by atoms with E-state index in [1.54, 1.807) is 22.7 Å². The third kappa shape index (κ3) is 5.26. The van der Waals surface area contributed by atoms with Gasteiger partial charge in [-0.1, -0.05) is 30.8 Å². The summed E-state index contributed by atoms with van der Waals surface area (Å²) in [6, 6.07) is 16.0. The number of para-hydroxylation sites is 1. The van der Waals surface area contributed by atoms with Crippen LogP contribution in [-0.2, 0) is 18.4 Å². The largest absolute Gasteiger partial charge is 0.333 e. The fourth-order valence-corrected chi connectivity index (χ4v) is 5.80. The summed E-state index contributed by atoms with van der Waals surface area (Å²) in [4.78, 5) is 44.0. The van der Waals surface area contributed by atoms with Crippen molar-refractivity contribution in [1.29, 1.82) is 0 Å². The number of pyridine rings is 1. The SMILES string of the molecule is C=CC(=O)N1CCN(c2cc3cnc(Nc4ccc(CN5CCN(C)CC5)cc4)nc3n(C)c2=O)c2cccc(C)c21. The molecular formula is C32H36N8O2. The molecule has 4 heterocycles. The minimum atomic E-state index is -0.170. The number of likely N-dealkylation sites (N-methyl/N-ethyl adjacent to an activating group) is 1. The van der Waals surface area contributed by atoms with Crippen molar-refractivity contribution >= 4 is 45.6 Å². The highest BCUT2D eigenvalue weighted by Gasteiger charge is 2.29. The fourth-order valence-electron chi connectivity index (χ4n) is 5.80. The van der Waals surface area contributed by atoms with Gasteiger partial charge in [-0.25, -0.2) is 4.98 Å². The first-order chi connectivity index (χ1) is 20.3. The summed E-state index contributed by atoms with van der Waals surface area (Å²) in [5.74, 6) is 0.268. The summed E-state index contributed by atoms with van der Waals surface area (Å²) < 4.78 is 1.56. The number of carbonyl (C=O) groups is 1. The second-order valence-electron chi connectivity index (χ2n) is 11.1. The van der Waals surface area contributed by atoms with E-state index >= 15 is 0 Å². The van der Waals surface area contributed by atoms with Gasteiger partial charge in [0.25, 0.3) is 11.5 Å². The third-order valence-corrected chi connectivity index (χ3v) is 8.20. The maximum atomic E-state index is 13.7. The van der Waals surface area contributed by atoms with Crippen molar-refractivity contribution in [3.05, 3.63) is 88.9 Å². The van der Waals surface area contributed by atoms with Crippen LogP contribution in [0, 0.1) is 6.92 Å². The van der Waals surface area contributed by atoms with Crippen LogP contribution in [0.4, 0.5) is 28.7 Å². The molecule has 0 atom stereocenters. The molecular weight excluding hydrogens is 528 g/mol. The molecule has 2 aromatic carbocycles. The number of benzene rings is 2. The number of aryl methyl sites for hydroxylation is 2. The zero-order chi connectivity index (χ0) is 29.4. The molecule has 6 rings (SSSR count). The topological polar surface area (TPSA) is 89.8 Å². The number of nitrogens with one attached hydrogen (secondary N) is 1. The first-order valence-corrected chi connectivity index (χ1v) is 14.3. The molecule has 0 bridgehead atoms. The number of hydrogen-bond donors (Lipinski definition) is 1. The van der Waals surface area contributed by atoms with Gasteiger partial charge in [-0.3, -0.25) is 19.1 Å². The quantitative estimate of drug-likeness (QED) is 0.354. The molecule has 42 heavy (non-hydrogen) atoms. The standard InChI is InChI=1S/C32H36N8O2/c1-5-28(41)40-18-17-39(26-8-6-7-22(2)29(26)40)27-19-24-20-33-32(35-30(24)37(4)31(27)42)34-25-11-9-23(10-12-25)21-38-15-13-36(3)14-16-38/h5-12,19-20H,1,13-18,21H2,2-4H3,(H,33,34,35). The average Bonchev–Trinajstić information content (AvgIpc) is 3.00. The maximum Gasteiger partial charge on any atom is 0.275 e. The number of nitrogens with zero attached hydrogens (tertiary/aromatic N) is 7. The molecule has 0 saturated carbocycles. The summed E-state index contributed by atoms with van der Waals surface area (Å²) >= 11 is 0. The molecule has 0 radical (unpaired) electrons. The van der Waals surface area contributed by atoms with E-state index in [9.17, 15) is 9.59 Å². The summed E-state index contributed by atoms with van der Waals surface area (Å²) in [7, 11) is 3.90. The van der Waals surface area contributed by atoms with E-state index in [4.69, 9.17) is 4.98 Å². The van der Waals surface area contributed by atoms with Gasteiger partial charge in [0.2, 0.25) is 5.95 Å². The Kier molecular flexibility index (Phi) is 7.49. The van der Waals surface area contributed by atoms with Crippen LogP contribution in [0.5, 0.6) is 0 Å². The van der Waals surface area contributed by atoms with E-state index < -0.39 is 0 Å². The molecule has 1 fully saturated rings. The molecule has 2 aliphatic heterocycles. The van der Waals surface area contributed by atoms with Gasteiger partial charge in [-0.05, 0) is 55.4 Å². The Bertz CT molecular complexity index is 1710. The van der Waals surface area contributed by atoms with Gasteiger partial charge < -0.3 is 20.0 Å². The summed E-state index contributed by atoms with van der Waals surface area (Å²) in [5, 5.41) is 4.03. The minimum Gasteiger partial charge on any atom is -0.333 e. The van der Waals surface area contributed by atoms with Gasteiger partial charge in [0, 0.05) is 70.1 Å². The Morgan fingerprint density at radius 3 is 2.50 bits per heavy atom. The van der Waals surface area contributed by atoms with Crippen LogP contribution < -0.4 is 20.7 Å². The Hall–Kier alpha value is -4.54. The number of hydrogen-bond acceptors (Lipinski definition) is 8. The monoisotopic (exact) mass is 564 g/mol. The first kappa shape index (κ1) is 27.6. The molecule has 10 nitrogen and oxygen atoms in total. The Morgan fingerprint density at radius 1 is 1.00 bits per heavy atom. The van der Waals surface area contributed by atoms with Gasteiger partial charge in [0.15, 0.2) is 0 Å². The molecule has 216 valence electrons. The van der Waals surface area contributed by atoms with Gasteiger partial charge in [0.05, 0.1) is 11.4 Å². The van der Waals surface area contributed by atoms with Crippen molar-refractivity contribution in [3.8, 4) is 0 Å². The third-order valence-electron chi connectivity index (χ3n) is 8.20. The van der Waals surface area contributed by atoms with E-state index in [1.807, 2.05) is 48.2 Å². The van der Waals surface area contributed by atoms with Crippen molar-refractivity contribution in [2.45, 2.75) is 13.5 Å². The predicted molar refractivity (Wildman–Crippen MR) is 168 cm³/mol. The number of rotatable bonds is 6. The molecule has 2 aliphatic rings. The summed E-state index contributed by atoms with van der Waals surface area (Å²) in [6.45, 7) is 11.8. The average molecular weight is 565 g/mol. The van der Waals surface area contributed by atoms with Gasteiger partial charge in [0.1, 0.15) is 11.3 Å². The Morgan fingerprint density at radius 2 is 1.76 bits per heavy atom. The molecule has 1 saturated heterocycles. The predicted octanol–water partition coefficient (Wildman–Crippen LogP) is 3.80. The van der Waals surface area contributed by atoms with Crippen LogP contribution in [0.15, 0.2) is 72.2 Å². The molecule has 2 aromatic heterocycles. The summed E-state index contributed by atoms with van der Waals surface area (Å²) in [5.41, 5.74) is 5.60. The molecule has 0 unspecified atom stereocenters. The van der Waals surface area contributed by atoms with Crippen molar-refractivity contribution in [1.82, 2.24) is 24.3 Å². The lowest BCUT2D eigenvalue weighted by atomic mass is 10.1. The van der Waals surface area contributed by atoms with Crippen molar-refractivity contribution < 1.29 is 4.79 Å². The molecule has 1 amide bonds. The van der Waals surface area contributed by atoms with Crippen molar-refractivity contribution in [2.75, 3.05) is 61.4 Å². The minimum absolute atomic E-state index is 0.158. The van der Waals surface area contributed by atoms with Crippen LogP contribution in [-0.4, -0.2) is 76.6 Å². The summed E-state index contributed by atoms with van der Waals surface area (Å²) in [6.07, 6.45) is 3.07. The number of piperazine rings is 1. The normalized spacial score (nSPS) is 16.0. The van der Waals surface area contributed by atoms with E-state index in [0.29, 0.717) is 30.4 Å². The van der Waals surface area contributed by atoms with E-state index in [2.05, 4.69) is 45.9 Å². The molecule has 1 N–H and O–H groups in total. The van der Waals surface area contributed by atoms with Crippen LogP contribution in [0.25, 0.3) is 11.0 Å². The Labute approximate surface area is 245 Å². The van der Waals surface area contributed by atoms with E-state index in [0.717, 1.165) is 60.7 Å². The van der Waals surface area contributed by atoms with Crippen molar-refractivity contribution in [2.24, 2.45) is 7.05 Å². The van der Waals surface area contributed by atoms with Gasteiger partial charge in [-0.15, -0.1) is 0 Å². The number of fused-ring (bicyclic) bond motifs is 2. The number of carbonyl (C=O) groups excluding carboxylic acids is 1. The van der Waals surface area contributed by atoms with Crippen molar-refractivity contribution in [3.63, 3.8) is 0 Å². The van der Waals surface area contributed by atoms with Gasteiger partial charge in [-0.2, -0.15) is 4.98 Å². The van der Waals surface area contributed by atoms with Crippen LogP contribution in [0.2, 0.25) is 0 Å². The maximum absolute atomic E-state index is 13.7. The number of anilines is 5. The zero-order valence-corrected chi connectivity index (χ0v) is 24.4. The lowest BCUT2D eigenvalue weighted by Gasteiger charge is -2.38. The second-order valence-corrected chi connectivity index (χ2v) is 11.1. The molecule has 4 aromatic rings. The first-order valence-electron chi connectivity index (χ1n) is 14.3. The lowest BCUT2D eigenvalue weighted by molar-refractivity contribution is -0.114. The van der Waals surface area contributed by atoms with Crippen LogP contribution >= 0.6 is 0 Å². The smallest absolute Gasteiger partial charge is 0.275 e.